The van der Waals surface area contributed by atoms with E-state index in [1.165, 1.54) is 23.2 Å². The minimum Gasteiger partial charge on any atom is -0.307 e. The van der Waals surface area contributed by atoms with E-state index in [-0.39, 0.29) is 16.8 Å². The highest BCUT2D eigenvalue weighted by Gasteiger charge is 2.31. The van der Waals surface area contributed by atoms with E-state index in [1.54, 1.807) is 30.5 Å². The summed E-state index contributed by atoms with van der Waals surface area (Å²) in [5.74, 6) is 0.905. The van der Waals surface area contributed by atoms with Gasteiger partial charge >= 0.3 is 0 Å². The van der Waals surface area contributed by atoms with Crippen LogP contribution >= 0.6 is 0 Å². The average Bonchev–Trinajstić information content (AvgIpc) is 3.47. The molecule has 2 aromatic rings. The quantitative estimate of drug-likeness (QED) is 0.804. The third-order valence-corrected chi connectivity index (χ3v) is 7.55. The molecule has 4 rings (SSSR count). The molecule has 1 amide bonds. The summed E-state index contributed by atoms with van der Waals surface area (Å²) in [7, 11) is -3.57. The number of carbonyl (C=O) groups is 1. The maximum atomic E-state index is 12.9. The molecule has 1 saturated heterocycles. The molecule has 2 fully saturated rings. The van der Waals surface area contributed by atoms with E-state index in [0.717, 1.165) is 19.3 Å². The van der Waals surface area contributed by atoms with Crippen LogP contribution in [0.2, 0.25) is 0 Å². The van der Waals surface area contributed by atoms with Crippen LogP contribution in [0, 0.1) is 5.92 Å². The van der Waals surface area contributed by atoms with E-state index in [0.29, 0.717) is 30.4 Å². The number of carbonyl (C=O) groups excluding carboxylic acids is 1. The number of benzene rings is 1. The first kappa shape index (κ1) is 19.1. The van der Waals surface area contributed by atoms with Gasteiger partial charge in [-0.25, -0.2) is 13.1 Å². The summed E-state index contributed by atoms with van der Waals surface area (Å²) >= 11 is 0. The lowest BCUT2D eigenvalue weighted by atomic mass is 10.2. The van der Waals surface area contributed by atoms with Crippen molar-refractivity contribution < 1.29 is 13.2 Å². The highest BCUT2D eigenvalue weighted by atomic mass is 32.2. The van der Waals surface area contributed by atoms with Crippen molar-refractivity contribution in [2.45, 2.75) is 50.0 Å². The number of amides is 1. The number of rotatable bonds is 6. The predicted molar refractivity (Wildman–Crippen MR) is 107 cm³/mol. The third-order valence-electron chi connectivity index (χ3n) is 5.65. The Morgan fingerprint density at radius 1 is 1.18 bits per heavy atom. The van der Waals surface area contributed by atoms with Gasteiger partial charge in [-0.15, -0.1) is 0 Å². The van der Waals surface area contributed by atoms with Crippen molar-refractivity contribution in [2.75, 3.05) is 18.4 Å². The summed E-state index contributed by atoms with van der Waals surface area (Å²) in [5.41, 5.74) is 0.324. The van der Waals surface area contributed by atoms with Crippen LogP contribution < -0.4 is 5.32 Å². The van der Waals surface area contributed by atoms with E-state index in [9.17, 15) is 13.2 Å². The number of hydrogen-bond acceptors (Lipinski definition) is 4. The summed E-state index contributed by atoms with van der Waals surface area (Å²) in [5, 5.41) is 7.22. The molecule has 1 aliphatic heterocycles. The highest BCUT2D eigenvalue weighted by Crippen LogP contribution is 2.40. The molecule has 0 radical (unpaired) electrons. The normalized spacial score (nSPS) is 19.3. The lowest BCUT2D eigenvalue weighted by molar-refractivity contribution is 0.102. The van der Waals surface area contributed by atoms with Crippen molar-refractivity contribution in [3.63, 3.8) is 0 Å². The molecule has 1 aromatic heterocycles. The first-order valence-electron chi connectivity index (χ1n) is 9.92. The molecule has 8 heteroatoms. The number of hydrogen-bond donors (Lipinski definition) is 1. The molecule has 28 heavy (non-hydrogen) atoms. The van der Waals surface area contributed by atoms with Gasteiger partial charge in [0, 0.05) is 24.7 Å². The average molecular weight is 403 g/mol. The van der Waals surface area contributed by atoms with Gasteiger partial charge in [0.15, 0.2) is 0 Å². The molecular weight excluding hydrogens is 376 g/mol. The van der Waals surface area contributed by atoms with Crippen LogP contribution in [-0.4, -0.2) is 41.5 Å². The van der Waals surface area contributed by atoms with Gasteiger partial charge in [-0.05, 0) is 56.7 Å². The maximum Gasteiger partial charge on any atom is 0.256 e. The molecule has 1 N–H and O–H groups in total. The van der Waals surface area contributed by atoms with E-state index >= 15 is 0 Å². The summed E-state index contributed by atoms with van der Waals surface area (Å²) < 4.78 is 29.1. The van der Waals surface area contributed by atoms with Crippen LogP contribution in [0.1, 0.15) is 55.4 Å². The fraction of sp³-hybridized carbons (Fsp3) is 0.500. The molecular formula is C20H26N4O3S. The van der Waals surface area contributed by atoms with E-state index < -0.39 is 10.0 Å². The molecule has 1 saturated carbocycles. The minimum atomic E-state index is -3.57. The Hall–Kier alpha value is -2.19. The molecule has 0 unspecified atom stereocenters. The van der Waals surface area contributed by atoms with Crippen LogP contribution in [0.4, 0.5) is 5.82 Å². The number of anilines is 1. The van der Waals surface area contributed by atoms with Crippen LogP contribution in [0.25, 0.3) is 0 Å². The third kappa shape index (κ3) is 3.84. The molecule has 0 bridgehead atoms. The Balaban J connectivity index is 1.53. The van der Waals surface area contributed by atoms with Crippen LogP contribution in [0.15, 0.2) is 41.4 Å². The van der Waals surface area contributed by atoms with Gasteiger partial charge < -0.3 is 5.32 Å². The summed E-state index contributed by atoms with van der Waals surface area (Å²) in [6, 6.07) is 8.28. The minimum absolute atomic E-state index is 0.168. The van der Waals surface area contributed by atoms with Crippen molar-refractivity contribution in [2.24, 2.45) is 5.92 Å². The number of nitrogens with one attached hydrogen (secondary N) is 1. The van der Waals surface area contributed by atoms with Crippen molar-refractivity contribution >= 4 is 21.7 Å². The van der Waals surface area contributed by atoms with E-state index in [2.05, 4.69) is 17.3 Å². The number of sulfonamides is 1. The van der Waals surface area contributed by atoms with Gasteiger partial charge in [-0.1, -0.05) is 12.5 Å². The van der Waals surface area contributed by atoms with Crippen LogP contribution in [-0.2, 0) is 10.0 Å². The van der Waals surface area contributed by atoms with Gasteiger partial charge in [0.1, 0.15) is 5.82 Å². The molecule has 1 atom stereocenters. The van der Waals surface area contributed by atoms with Gasteiger partial charge in [0.05, 0.1) is 17.1 Å². The predicted octanol–water partition coefficient (Wildman–Crippen LogP) is 3.28. The lowest BCUT2D eigenvalue weighted by Gasteiger charge is -2.26. The Morgan fingerprint density at radius 3 is 2.64 bits per heavy atom. The topological polar surface area (TPSA) is 84.3 Å². The number of nitrogens with zero attached hydrogens (tertiary/aromatic N) is 3. The van der Waals surface area contributed by atoms with Gasteiger partial charge in [0.25, 0.3) is 5.91 Å². The largest absolute Gasteiger partial charge is 0.307 e. The Kier molecular flexibility index (Phi) is 5.25. The van der Waals surface area contributed by atoms with E-state index in [1.807, 2.05) is 4.68 Å². The second-order valence-corrected chi connectivity index (χ2v) is 9.62. The monoisotopic (exact) mass is 402 g/mol. The zero-order chi connectivity index (χ0) is 19.7. The Bertz CT molecular complexity index is 959. The van der Waals surface area contributed by atoms with E-state index in [4.69, 9.17) is 0 Å². The van der Waals surface area contributed by atoms with Crippen molar-refractivity contribution in [3.05, 3.63) is 42.1 Å². The molecule has 1 aliphatic carbocycles. The zero-order valence-electron chi connectivity index (χ0n) is 16.0. The SMILES string of the molecule is C[C@H](C1CC1)n1nccc1NC(=O)c1cccc(S(=O)(=O)N2CCCCC2)c1. The van der Waals surface area contributed by atoms with Gasteiger partial charge in [-0.3, -0.25) is 4.79 Å². The first-order valence-corrected chi connectivity index (χ1v) is 11.4. The summed E-state index contributed by atoms with van der Waals surface area (Å²) in [6.07, 6.45) is 6.86. The number of piperidine rings is 1. The van der Waals surface area contributed by atoms with Crippen molar-refractivity contribution in [3.8, 4) is 0 Å². The maximum absolute atomic E-state index is 12.9. The molecule has 150 valence electrons. The fourth-order valence-corrected chi connectivity index (χ4v) is 5.32. The molecule has 0 spiro atoms. The smallest absolute Gasteiger partial charge is 0.256 e. The van der Waals surface area contributed by atoms with Gasteiger partial charge in [0.2, 0.25) is 10.0 Å². The molecule has 2 heterocycles. The molecule has 2 aliphatic rings. The standard InChI is InChI=1S/C20H26N4O3S/c1-15(16-8-9-16)24-19(10-11-21-24)22-20(25)17-6-5-7-18(14-17)28(26,27)23-12-3-2-4-13-23/h5-7,10-11,14-16H,2-4,8-9,12-13H2,1H3,(H,22,25)/t15-/m1/s1. The summed E-state index contributed by atoms with van der Waals surface area (Å²) in [6.45, 7) is 3.18. The zero-order valence-corrected chi connectivity index (χ0v) is 16.9. The second kappa shape index (κ2) is 7.67. The van der Waals surface area contributed by atoms with Gasteiger partial charge in [-0.2, -0.15) is 9.40 Å². The Morgan fingerprint density at radius 2 is 1.93 bits per heavy atom. The van der Waals surface area contributed by atoms with Crippen molar-refractivity contribution in [1.82, 2.24) is 14.1 Å². The van der Waals surface area contributed by atoms with Crippen molar-refractivity contribution in [1.29, 1.82) is 0 Å². The molecule has 7 nitrogen and oxygen atoms in total. The fourth-order valence-electron chi connectivity index (χ4n) is 3.76. The highest BCUT2D eigenvalue weighted by molar-refractivity contribution is 7.89. The Labute approximate surface area is 165 Å². The number of aromatic nitrogens is 2. The lowest BCUT2D eigenvalue weighted by Crippen LogP contribution is -2.35. The second-order valence-electron chi connectivity index (χ2n) is 7.69. The first-order chi connectivity index (χ1) is 13.5. The van der Waals surface area contributed by atoms with Crippen LogP contribution in [0.5, 0.6) is 0 Å². The molecule has 1 aromatic carbocycles. The summed E-state index contributed by atoms with van der Waals surface area (Å²) in [4.78, 5) is 12.9. The van der Waals surface area contributed by atoms with Crippen LogP contribution in [0.3, 0.4) is 0 Å².